The molecule has 1 aliphatic carbocycles. The van der Waals surface area contributed by atoms with E-state index in [9.17, 15) is 19.5 Å². The second-order valence-corrected chi connectivity index (χ2v) is 12.1. The number of carboxylic acid groups (broad SMARTS) is 1. The molecule has 222 valence electrons. The van der Waals surface area contributed by atoms with Gasteiger partial charge >= 0.3 is 5.97 Å². The van der Waals surface area contributed by atoms with Gasteiger partial charge in [0, 0.05) is 24.5 Å². The van der Waals surface area contributed by atoms with Crippen molar-refractivity contribution in [2.45, 2.75) is 46.2 Å². The van der Waals surface area contributed by atoms with Crippen LogP contribution in [0.1, 0.15) is 53.5 Å². The van der Waals surface area contributed by atoms with E-state index in [1.165, 1.54) is 29.6 Å². The average Bonchev–Trinajstić information content (AvgIpc) is 3.32. The zero-order valence-electron chi connectivity index (χ0n) is 24.1. The van der Waals surface area contributed by atoms with E-state index < -0.39 is 47.9 Å². The molecule has 11 heteroatoms. The number of hydrogen-bond donors (Lipinski definition) is 2. The first kappa shape index (κ1) is 28.4. The van der Waals surface area contributed by atoms with Gasteiger partial charge in [0.1, 0.15) is 11.7 Å². The third-order valence-electron chi connectivity index (χ3n) is 9.17. The summed E-state index contributed by atoms with van der Waals surface area (Å²) in [4.78, 5) is 49.4. The molecule has 2 aliphatic rings. The first-order valence-electron chi connectivity index (χ1n) is 14.1. The number of carbonyl (C=O) groups is 3. The Kier molecular flexibility index (Phi) is 6.78. The minimum atomic E-state index is -1.39. The van der Waals surface area contributed by atoms with Gasteiger partial charge in [0.2, 0.25) is 5.91 Å². The predicted octanol–water partition coefficient (Wildman–Crippen LogP) is 4.72. The smallest absolute Gasteiger partial charge is 0.305 e. The number of aryl methyl sites for hydroxylation is 2. The van der Waals surface area contributed by atoms with Crippen molar-refractivity contribution >= 4 is 23.4 Å². The summed E-state index contributed by atoms with van der Waals surface area (Å²) in [5, 5.41) is 12.4. The van der Waals surface area contributed by atoms with E-state index in [1.807, 2.05) is 45.9 Å². The van der Waals surface area contributed by atoms with Gasteiger partial charge in [-0.15, -0.1) is 0 Å². The molecule has 2 amide bonds. The first-order chi connectivity index (χ1) is 20.4. The molecule has 3 heterocycles. The van der Waals surface area contributed by atoms with Crippen LogP contribution in [0.4, 0.5) is 8.78 Å². The number of likely N-dealkylation sites (tertiary alicyclic amines) is 1. The summed E-state index contributed by atoms with van der Waals surface area (Å²) in [5.41, 5.74) is 2.96. The van der Waals surface area contributed by atoms with Gasteiger partial charge < -0.3 is 15.3 Å². The zero-order chi connectivity index (χ0) is 30.8. The Morgan fingerprint density at radius 3 is 2.56 bits per heavy atom. The van der Waals surface area contributed by atoms with Gasteiger partial charge in [0.05, 0.1) is 24.9 Å². The number of hydrogen-bond acceptors (Lipinski definition) is 5. The fourth-order valence-corrected chi connectivity index (χ4v) is 6.89. The van der Waals surface area contributed by atoms with Gasteiger partial charge in [-0.25, -0.2) is 13.8 Å². The van der Waals surface area contributed by atoms with Crippen molar-refractivity contribution in [2.75, 3.05) is 6.54 Å². The normalized spacial score (nSPS) is 21.0. The lowest BCUT2D eigenvalue weighted by Gasteiger charge is -2.31. The summed E-state index contributed by atoms with van der Waals surface area (Å²) in [6, 6.07) is 5.70. The third kappa shape index (κ3) is 4.72. The maximum absolute atomic E-state index is 15.4. The molecule has 43 heavy (non-hydrogen) atoms. The van der Waals surface area contributed by atoms with Crippen LogP contribution < -0.4 is 5.32 Å². The van der Waals surface area contributed by atoms with Crippen LogP contribution in [0.15, 0.2) is 55.1 Å². The van der Waals surface area contributed by atoms with Crippen LogP contribution >= 0.6 is 0 Å². The second-order valence-electron chi connectivity index (χ2n) is 12.1. The van der Waals surface area contributed by atoms with Crippen LogP contribution in [0.2, 0.25) is 0 Å². The maximum atomic E-state index is 15.4. The third-order valence-corrected chi connectivity index (χ3v) is 9.17. The topological polar surface area (TPSA) is 117 Å². The van der Waals surface area contributed by atoms with E-state index in [1.54, 1.807) is 10.6 Å². The van der Waals surface area contributed by atoms with Gasteiger partial charge in [-0.05, 0) is 65.5 Å². The van der Waals surface area contributed by atoms with Crippen molar-refractivity contribution in [2.24, 2.45) is 17.3 Å². The highest BCUT2D eigenvalue weighted by Gasteiger charge is 2.69. The van der Waals surface area contributed by atoms with Crippen LogP contribution in [-0.2, 0) is 9.59 Å². The largest absolute Gasteiger partial charge is 0.481 e. The SMILES string of the molecule is Cc1cccc(C)c1-c1cc(F)c(F)c([C@H](CC(=O)O)NC(=O)[C@@H]2[C@@H]3C(CN2C(=O)c2cnc4cnccn24)C3(C)C)c1. The Balaban J connectivity index is 1.36. The molecule has 2 fully saturated rings. The number of aliphatic carboxylic acids is 1. The number of fused-ring (bicyclic) bond motifs is 2. The van der Waals surface area contributed by atoms with E-state index >= 15 is 8.78 Å². The Morgan fingerprint density at radius 2 is 1.86 bits per heavy atom. The number of amides is 2. The number of halogens is 2. The Labute approximate surface area is 246 Å². The van der Waals surface area contributed by atoms with Crippen molar-refractivity contribution in [1.29, 1.82) is 0 Å². The Bertz CT molecular complexity index is 1780. The number of rotatable bonds is 7. The molecule has 4 aromatic rings. The Hall–Kier alpha value is -4.67. The number of piperidine rings is 1. The molecule has 1 saturated carbocycles. The van der Waals surface area contributed by atoms with E-state index in [-0.39, 0.29) is 28.5 Å². The van der Waals surface area contributed by atoms with E-state index in [2.05, 4.69) is 15.3 Å². The summed E-state index contributed by atoms with van der Waals surface area (Å²) >= 11 is 0. The summed E-state index contributed by atoms with van der Waals surface area (Å²) < 4.78 is 32.0. The zero-order valence-corrected chi connectivity index (χ0v) is 24.1. The van der Waals surface area contributed by atoms with Crippen LogP contribution in [0.3, 0.4) is 0 Å². The lowest BCUT2D eigenvalue weighted by Crippen LogP contribution is -2.51. The standard InChI is InChI=1S/C32H31F2N5O4/c1-16-6-5-7-17(2)26(16)18-10-19(28(34)21(33)11-18)22(12-25(40)41)37-30(42)29-27-20(32(27,3)4)15-39(29)31(43)23-13-36-24-14-35-8-9-38(23)24/h5-11,13-14,20,22,27,29H,12,15H2,1-4H3,(H,37,42)(H,40,41)/t20?,22-,27-,29-/m0/s1. The molecular weight excluding hydrogens is 556 g/mol. The molecule has 1 saturated heterocycles. The molecule has 0 spiro atoms. The number of carbonyl (C=O) groups excluding carboxylic acids is 2. The minimum absolute atomic E-state index is 0.0486. The quantitative estimate of drug-likeness (QED) is 0.323. The number of imidazole rings is 1. The molecule has 2 N–H and O–H groups in total. The van der Waals surface area contributed by atoms with E-state index in [0.29, 0.717) is 23.3 Å². The average molecular weight is 588 g/mol. The number of aromatic nitrogens is 3. The van der Waals surface area contributed by atoms with Gasteiger partial charge in [-0.3, -0.25) is 23.8 Å². The van der Waals surface area contributed by atoms with Crippen molar-refractivity contribution in [3.63, 3.8) is 0 Å². The molecule has 6 rings (SSSR count). The van der Waals surface area contributed by atoms with Crippen molar-refractivity contribution in [1.82, 2.24) is 24.6 Å². The van der Waals surface area contributed by atoms with Gasteiger partial charge in [0.25, 0.3) is 5.91 Å². The highest BCUT2D eigenvalue weighted by Crippen LogP contribution is 2.65. The first-order valence-corrected chi connectivity index (χ1v) is 14.1. The number of benzene rings is 2. The van der Waals surface area contributed by atoms with Crippen molar-refractivity contribution in [3.05, 3.63) is 89.1 Å². The summed E-state index contributed by atoms with van der Waals surface area (Å²) in [7, 11) is 0. The summed E-state index contributed by atoms with van der Waals surface area (Å²) in [5.74, 6) is -4.85. The second kappa shape index (κ2) is 10.3. The minimum Gasteiger partial charge on any atom is -0.481 e. The molecule has 0 radical (unpaired) electrons. The van der Waals surface area contributed by atoms with E-state index in [0.717, 1.165) is 17.2 Å². The number of carboxylic acids is 1. The fraction of sp³-hybridized carbons (Fsp3) is 0.344. The van der Waals surface area contributed by atoms with Crippen molar-refractivity contribution < 1.29 is 28.3 Å². The lowest BCUT2D eigenvalue weighted by molar-refractivity contribution is -0.138. The lowest BCUT2D eigenvalue weighted by atomic mass is 9.92. The predicted molar refractivity (Wildman–Crippen MR) is 153 cm³/mol. The number of nitrogens with one attached hydrogen (secondary N) is 1. The van der Waals surface area contributed by atoms with Crippen LogP contribution in [0, 0.1) is 42.7 Å². The fourth-order valence-electron chi connectivity index (χ4n) is 6.89. The molecule has 4 atom stereocenters. The monoisotopic (exact) mass is 587 g/mol. The molecular formula is C32H31F2N5O4. The molecule has 0 bridgehead atoms. The highest BCUT2D eigenvalue weighted by atomic mass is 19.2. The van der Waals surface area contributed by atoms with Gasteiger partial charge in [0.15, 0.2) is 17.3 Å². The number of nitrogens with zero attached hydrogens (tertiary/aromatic N) is 4. The summed E-state index contributed by atoms with van der Waals surface area (Å²) in [6.07, 6.45) is 5.39. The summed E-state index contributed by atoms with van der Waals surface area (Å²) in [6.45, 7) is 8.05. The van der Waals surface area contributed by atoms with Crippen LogP contribution in [0.25, 0.3) is 16.8 Å². The van der Waals surface area contributed by atoms with E-state index in [4.69, 9.17) is 0 Å². The Morgan fingerprint density at radius 1 is 1.14 bits per heavy atom. The molecule has 9 nitrogen and oxygen atoms in total. The molecule has 1 unspecified atom stereocenters. The molecule has 2 aromatic carbocycles. The maximum Gasteiger partial charge on any atom is 0.305 e. The van der Waals surface area contributed by atoms with Gasteiger partial charge in [-0.2, -0.15) is 0 Å². The van der Waals surface area contributed by atoms with Crippen LogP contribution in [-0.4, -0.2) is 54.7 Å². The molecule has 2 aromatic heterocycles. The van der Waals surface area contributed by atoms with Crippen molar-refractivity contribution in [3.8, 4) is 11.1 Å². The van der Waals surface area contributed by atoms with Crippen LogP contribution in [0.5, 0.6) is 0 Å². The van der Waals surface area contributed by atoms with Gasteiger partial charge in [-0.1, -0.05) is 32.0 Å². The molecule has 1 aliphatic heterocycles. The highest BCUT2D eigenvalue weighted by molar-refractivity contribution is 5.98.